The molecule has 0 radical (unpaired) electrons. The van der Waals surface area contributed by atoms with Gasteiger partial charge >= 0.3 is 0 Å². The SMILES string of the molecule is Cc1c(Cl)cccc1N1C(=O)c2cc3ccsc3n2C[C@]1(C)C(=O)NC1CCCC1. The van der Waals surface area contributed by atoms with Crippen molar-refractivity contribution in [3.63, 3.8) is 0 Å². The van der Waals surface area contributed by atoms with Crippen molar-refractivity contribution in [1.82, 2.24) is 9.88 Å². The third-order valence-corrected chi connectivity index (χ3v) is 7.90. The van der Waals surface area contributed by atoms with E-state index in [1.807, 2.05) is 54.1 Å². The van der Waals surface area contributed by atoms with Crippen LogP contribution in [-0.4, -0.2) is 28.0 Å². The number of hydrogen-bond donors (Lipinski definition) is 1. The lowest BCUT2D eigenvalue weighted by Gasteiger charge is -2.45. The molecule has 0 spiro atoms. The Morgan fingerprint density at radius 2 is 2.03 bits per heavy atom. The highest BCUT2D eigenvalue weighted by Crippen LogP contribution is 2.39. The van der Waals surface area contributed by atoms with Gasteiger partial charge in [-0.05, 0) is 61.9 Å². The van der Waals surface area contributed by atoms with Crippen LogP contribution >= 0.6 is 22.9 Å². The number of anilines is 1. The lowest BCUT2D eigenvalue weighted by atomic mass is 9.92. The molecule has 5 nitrogen and oxygen atoms in total. The Morgan fingerprint density at radius 3 is 2.80 bits per heavy atom. The van der Waals surface area contributed by atoms with Crippen LogP contribution in [0.5, 0.6) is 0 Å². The van der Waals surface area contributed by atoms with Crippen molar-refractivity contribution in [1.29, 1.82) is 0 Å². The van der Waals surface area contributed by atoms with E-state index in [9.17, 15) is 9.59 Å². The molecule has 0 unspecified atom stereocenters. The van der Waals surface area contributed by atoms with E-state index in [1.165, 1.54) is 0 Å². The highest BCUT2D eigenvalue weighted by molar-refractivity contribution is 7.16. The molecule has 0 bridgehead atoms. The average Bonchev–Trinajstić information content (AvgIpc) is 3.44. The molecule has 30 heavy (non-hydrogen) atoms. The molecule has 1 saturated carbocycles. The summed E-state index contributed by atoms with van der Waals surface area (Å²) in [5.41, 5.74) is 1.04. The molecule has 3 aromatic rings. The number of amides is 2. The maximum Gasteiger partial charge on any atom is 0.275 e. The zero-order chi connectivity index (χ0) is 21.0. The van der Waals surface area contributed by atoms with E-state index in [1.54, 1.807) is 16.2 Å². The van der Waals surface area contributed by atoms with Gasteiger partial charge in [-0.3, -0.25) is 14.5 Å². The Labute approximate surface area is 184 Å². The smallest absolute Gasteiger partial charge is 0.275 e. The molecular formula is C23H24ClN3O2S. The van der Waals surface area contributed by atoms with Gasteiger partial charge in [-0.2, -0.15) is 0 Å². The number of halogens is 1. The normalized spacial score (nSPS) is 22.0. The van der Waals surface area contributed by atoms with Crippen molar-refractivity contribution >= 4 is 50.7 Å². The highest BCUT2D eigenvalue weighted by atomic mass is 35.5. The van der Waals surface area contributed by atoms with Crippen molar-refractivity contribution in [3.05, 3.63) is 52.0 Å². The minimum absolute atomic E-state index is 0.105. The fourth-order valence-corrected chi connectivity index (χ4v) is 5.89. The van der Waals surface area contributed by atoms with Crippen LogP contribution < -0.4 is 10.2 Å². The summed E-state index contributed by atoms with van der Waals surface area (Å²) < 4.78 is 2.01. The minimum atomic E-state index is -1.06. The second kappa shape index (κ2) is 7.13. The van der Waals surface area contributed by atoms with Crippen LogP contribution in [0.4, 0.5) is 5.69 Å². The first-order chi connectivity index (χ1) is 14.4. The van der Waals surface area contributed by atoms with Crippen LogP contribution in [0.2, 0.25) is 5.02 Å². The third kappa shape index (κ3) is 2.88. The van der Waals surface area contributed by atoms with Gasteiger partial charge in [0.25, 0.3) is 5.91 Å². The van der Waals surface area contributed by atoms with Crippen LogP contribution in [0.15, 0.2) is 35.7 Å². The first kappa shape index (κ1) is 19.6. The predicted octanol–water partition coefficient (Wildman–Crippen LogP) is 5.14. The summed E-state index contributed by atoms with van der Waals surface area (Å²) in [6, 6.07) is 9.64. The molecule has 2 amide bonds. The van der Waals surface area contributed by atoms with E-state index < -0.39 is 5.54 Å². The Bertz CT molecular complexity index is 1160. The van der Waals surface area contributed by atoms with Crippen LogP contribution in [0.3, 0.4) is 0 Å². The molecule has 156 valence electrons. The molecule has 1 fully saturated rings. The number of fused-ring (bicyclic) bond motifs is 3. The Balaban J connectivity index is 1.66. The molecule has 1 N–H and O–H groups in total. The van der Waals surface area contributed by atoms with Crippen molar-refractivity contribution in [2.24, 2.45) is 0 Å². The van der Waals surface area contributed by atoms with Gasteiger partial charge in [0.05, 0.1) is 6.54 Å². The third-order valence-electron chi connectivity index (χ3n) is 6.54. The van der Waals surface area contributed by atoms with E-state index in [0.29, 0.717) is 22.9 Å². The van der Waals surface area contributed by atoms with Gasteiger partial charge < -0.3 is 9.88 Å². The first-order valence-corrected chi connectivity index (χ1v) is 11.6. The van der Waals surface area contributed by atoms with E-state index in [-0.39, 0.29) is 17.9 Å². The molecule has 5 rings (SSSR count). The zero-order valence-electron chi connectivity index (χ0n) is 17.1. The molecule has 1 aromatic carbocycles. The van der Waals surface area contributed by atoms with Crippen LogP contribution in [0.1, 0.15) is 48.7 Å². The van der Waals surface area contributed by atoms with Gasteiger partial charge in [-0.15, -0.1) is 11.3 Å². The molecule has 1 aliphatic heterocycles. The molecule has 1 aliphatic carbocycles. The van der Waals surface area contributed by atoms with Crippen LogP contribution in [-0.2, 0) is 11.3 Å². The van der Waals surface area contributed by atoms with Gasteiger partial charge in [0.15, 0.2) is 0 Å². The zero-order valence-corrected chi connectivity index (χ0v) is 18.6. The number of hydrogen-bond acceptors (Lipinski definition) is 3. The lowest BCUT2D eigenvalue weighted by molar-refractivity contribution is -0.127. The molecule has 2 aliphatic rings. The standard InChI is InChI=1S/C23H24ClN3O2S/c1-14-17(24)8-5-9-18(14)27-20(28)19-12-15-10-11-30-21(15)26(19)13-23(27,2)22(29)25-16-6-3-4-7-16/h5,8-12,16H,3-4,6-7,13H2,1-2H3,(H,25,29)/t23-/m1/s1. The van der Waals surface area contributed by atoms with Crippen molar-refractivity contribution in [2.45, 2.75) is 57.7 Å². The van der Waals surface area contributed by atoms with Gasteiger partial charge in [0.2, 0.25) is 5.91 Å². The van der Waals surface area contributed by atoms with Crippen LogP contribution in [0.25, 0.3) is 10.2 Å². The highest BCUT2D eigenvalue weighted by Gasteiger charge is 2.49. The van der Waals surface area contributed by atoms with Crippen LogP contribution in [0, 0.1) is 6.92 Å². The first-order valence-electron chi connectivity index (χ1n) is 10.4. The van der Waals surface area contributed by atoms with Crippen molar-refractivity contribution in [2.75, 3.05) is 4.90 Å². The fourth-order valence-electron chi connectivity index (χ4n) is 4.82. The number of benzene rings is 1. The van der Waals surface area contributed by atoms with E-state index in [2.05, 4.69) is 5.32 Å². The maximum atomic E-state index is 13.8. The Kier molecular flexibility index (Phi) is 4.67. The quantitative estimate of drug-likeness (QED) is 0.611. The molecule has 2 aromatic heterocycles. The predicted molar refractivity (Wildman–Crippen MR) is 122 cm³/mol. The second-order valence-electron chi connectivity index (χ2n) is 8.55. The molecule has 1 atom stereocenters. The van der Waals surface area contributed by atoms with E-state index in [4.69, 9.17) is 11.6 Å². The lowest BCUT2D eigenvalue weighted by Crippen LogP contribution is -2.65. The fraction of sp³-hybridized carbons (Fsp3) is 0.391. The molecule has 0 saturated heterocycles. The summed E-state index contributed by atoms with van der Waals surface area (Å²) >= 11 is 7.99. The minimum Gasteiger partial charge on any atom is -0.351 e. The Morgan fingerprint density at radius 1 is 1.27 bits per heavy atom. The topological polar surface area (TPSA) is 54.3 Å². The summed E-state index contributed by atoms with van der Waals surface area (Å²) in [6.07, 6.45) is 4.26. The van der Waals surface area contributed by atoms with E-state index >= 15 is 0 Å². The Hall–Kier alpha value is -2.31. The monoisotopic (exact) mass is 441 g/mol. The number of carbonyl (C=O) groups is 2. The van der Waals surface area contributed by atoms with Gasteiger partial charge in [0, 0.05) is 22.1 Å². The summed E-state index contributed by atoms with van der Waals surface area (Å²) in [7, 11) is 0. The summed E-state index contributed by atoms with van der Waals surface area (Å²) in [5.74, 6) is -0.273. The number of thiophene rings is 1. The van der Waals surface area contributed by atoms with E-state index in [0.717, 1.165) is 41.5 Å². The molecule has 3 heterocycles. The second-order valence-corrected chi connectivity index (χ2v) is 9.85. The number of nitrogens with one attached hydrogen (secondary N) is 1. The number of aromatic nitrogens is 1. The van der Waals surface area contributed by atoms with Gasteiger partial charge in [0.1, 0.15) is 16.1 Å². The summed E-state index contributed by atoms with van der Waals surface area (Å²) in [5, 5.41) is 6.87. The number of nitrogens with zero attached hydrogens (tertiary/aromatic N) is 2. The largest absolute Gasteiger partial charge is 0.351 e. The molecule has 7 heteroatoms. The van der Waals surface area contributed by atoms with Gasteiger partial charge in [-0.25, -0.2) is 0 Å². The van der Waals surface area contributed by atoms with Crippen molar-refractivity contribution < 1.29 is 9.59 Å². The maximum absolute atomic E-state index is 13.8. The number of carbonyl (C=O) groups excluding carboxylic acids is 2. The average molecular weight is 442 g/mol. The summed E-state index contributed by atoms with van der Waals surface area (Å²) in [4.78, 5) is 30.1. The van der Waals surface area contributed by atoms with Gasteiger partial charge in [-0.1, -0.05) is 30.5 Å². The molecular weight excluding hydrogens is 418 g/mol. The summed E-state index contributed by atoms with van der Waals surface area (Å²) in [6.45, 7) is 4.17. The van der Waals surface area contributed by atoms with Crippen molar-refractivity contribution in [3.8, 4) is 0 Å². The number of rotatable bonds is 3.